The molecule has 0 aliphatic heterocycles. The van der Waals surface area contributed by atoms with Crippen molar-refractivity contribution in [3.05, 3.63) is 206 Å². The first kappa shape index (κ1) is 31.6. The molecule has 11 aromatic rings. The van der Waals surface area contributed by atoms with E-state index >= 15 is 0 Å². The van der Waals surface area contributed by atoms with E-state index in [0.717, 1.165) is 22.7 Å². The summed E-state index contributed by atoms with van der Waals surface area (Å²) in [4.78, 5) is 2.53. The van der Waals surface area contributed by atoms with Crippen molar-refractivity contribution in [1.82, 2.24) is 4.57 Å². The van der Waals surface area contributed by atoms with Gasteiger partial charge in [-0.2, -0.15) is 0 Å². The third kappa shape index (κ3) is 5.01. The van der Waals surface area contributed by atoms with Crippen LogP contribution in [-0.2, 0) is 0 Å². The Morgan fingerprint density at radius 3 is 1.71 bits per heavy atom. The fraction of sp³-hybridized carbons (Fsp3) is 0. The molecule has 0 saturated heterocycles. The predicted molar refractivity (Wildman–Crippen MR) is 237 cm³/mol. The summed E-state index contributed by atoms with van der Waals surface area (Å²) in [7, 11) is 0. The maximum atomic E-state index is 2.53. The first-order chi connectivity index (χ1) is 27.3. The van der Waals surface area contributed by atoms with Crippen LogP contribution in [0.5, 0.6) is 0 Å². The van der Waals surface area contributed by atoms with E-state index in [1.807, 2.05) is 11.3 Å². The van der Waals surface area contributed by atoms with Crippen molar-refractivity contribution in [3.63, 3.8) is 0 Å². The number of fused-ring (bicyclic) bond motifs is 7. The number of aromatic nitrogens is 1. The van der Waals surface area contributed by atoms with Gasteiger partial charge in [0.25, 0.3) is 0 Å². The molecule has 9 aromatic carbocycles. The Hall–Kier alpha value is -6.94. The maximum absolute atomic E-state index is 2.53. The summed E-state index contributed by atoms with van der Waals surface area (Å²) in [5, 5.41) is 7.49. The van der Waals surface area contributed by atoms with Gasteiger partial charge in [-0.05, 0) is 64.9 Å². The molecular formula is C52H34N2S. The highest BCUT2D eigenvalue weighted by molar-refractivity contribution is 7.26. The molecule has 0 radical (unpaired) electrons. The first-order valence-corrected chi connectivity index (χ1v) is 19.6. The second kappa shape index (κ2) is 12.9. The summed E-state index contributed by atoms with van der Waals surface area (Å²) in [5.74, 6) is 0. The Bertz CT molecular complexity index is 3220. The van der Waals surface area contributed by atoms with Crippen LogP contribution in [0.3, 0.4) is 0 Å². The molecular weight excluding hydrogens is 685 g/mol. The molecule has 11 rings (SSSR count). The lowest BCUT2D eigenvalue weighted by Crippen LogP contribution is -2.13. The highest BCUT2D eigenvalue weighted by Crippen LogP contribution is 2.51. The maximum Gasteiger partial charge on any atom is 0.0562 e. The molecule has 2 aromatic heterocycles. The fourth-order valence-corrected chi connectivity index (χ4v) is 9.87. The highest BCUT2D eigenvalue weighted by atomic mass is 32.1. The van der Waals surface area contributed by atoms with Crippen LogP contribution in [0.1, 0.15) is 0 Å². The summed E-state index contributed by atoms with van der Waals surface area (Å²) in [5.41, 5.74) is 11.7. The topological polar surface area (TPSA) is 8.17 Å². The van der Waals surface area contributed by atoms with E-state index in [1.54, 1.807) is 0 Å². The number of thiophene rings is 1. The average Bonchev–Trinajstić information content (AvgIpc) is 3.81. The van der Waals surface area contributed by atoms with E-state index in [9.17, 15) is 0 Å². The van der Waals surface area contributed by atoms with Gasteiger partial charge in [0.05, 0.1) is 28.1 Å². The molecule has 0 amide bonds. The Labute approximate surface area is 323 Å². The van der Waals surface area contributed by atoms with Gasteiger partial charge in [0.15, 0.2) is 0 Å². The second-order valence-corrected chi connectivity index (χ2v) is 15.1. The van der Waals surface area contributed by atoms with Crippen LogP contribution in [0.2, 0.25) is 0 Å². The molecule has 2 heterocycles. The summed E-state index contributed by atoms with van der Waals surface area (Å²) in [6.07, 6.45) is 0. The predicted octanol–water partition coefficient (Wildman–Crippen LogP) is 15.1. The Morgan fingerprint density at radius 2 is 0.873 bits per heavy atom. The molecule has 2 nitrogen and oxygen atoms in total. The Kier molecular flexibility index (Phi) is 7.39. The lowest BCUT2D eigenvalue weighted by Gasteiger charge is -2.31. The van der Waals surface area contributed by atoms with Crippen molar-refractivity contribution in [3.8, 4) is 27.9 Å². The minimum atomic E-state index is 1.12. The van der Waals surface area contributed by atoms with Crippen molar-refractivity contribution in [2.75, 3.05) is 4.90 Å². The van der Waals surface area contributed by atoms with Crippen LogP contribution in [-0.4, -0.2) is 4.57 Å². The van der Waals surface area contributed by atoms with Crippen molar-refractivity contribution >= 4 is 81.1 Å². The number of benzene rings is 9. The summed E-state index contributed by atoms with van der Waals surface area (Å²) >= 11 is 1.88. The van der Waals surface area contributed by atoms with E-state index in [0.29, 0.717) is 0 Å². The lowest BCUT2D eigenvalue weighted by atomic mass is 9.94. The van der Waals surface area contributed by atoms with E-state index in [2.05, 4.69) is 216 Å². The first-order valence-electron chi connectivity index (χ1n) is 18.8. The highest BCUT2D eigenvalue weighted by Gasteiger charge is 2.26. The number of hydrogen-bond acceptors (Lipinski definition) is 2. The number of nitrogens with zero attached hydrogens (tertiary/aromatic N) is 2. The third-order valence-electron chi connectivity index (χ3n) is 11.0. The molecule has 0 aliphatic carbocycles. The van der Waals surface area contributed by atoms with Gasteiger partial charge in [-0.1, -0.05) is 158 Å². The van der Waals surface area contributed by atoms with E-state index in [-0.39, 0.29) is 0 Å². The third-order valence-corrected chi connectivity index (χ3v) is 12.2. The van der Waals surface area contributed by atoms with Crippen LogP contribution < -0.4 is 4.90 Å². The van der Waals surface area contributed by atoms with E-state index in [4.69, 9.17) is 0 Å². The monoisotopic (exact) mass is 718 g/mol. The van der Waals surface area contributed by atoms with Crippen molar-refractivity contribution in [2.24, 2.45) is 0 Å². The van der Waals surface area contributed by atoms with Gasteiger partial charge in [-0.3, -0.25) is 0 Å². The lowest BCUT2D eigenvalue weighted by molar-refractivity contribution is 1.18. The van der Waals surface area contributed by atoms with Crippen LogP contribution >= 0.6 is 11.3 Å². The van der Waals surface area contributed by atoms with Gasteiger partial charge in [-0.15, -0.1) is 11.3 Å². The Balaban J connectivity index is 1.26. The van der Waals surface area contributed by atoms with Crippen molar-refractivity contribution in [1.29, 1.82) is 0 Å². The minimum absolute atomic E-state index is 1.12. The molecule has 0 N–H and O–H groups in total. The minimum Gasteiger partial charge on any atom is -0.309 e. The zero-order valence-electron chi connectivity index (χ0n) is 29.9. The van der Waals surface area contributed by atoms with Gasteiger partial charge in [0, 0.05) is 53.3 Å². The van der Waals surface area contributed by atoms with Crippen LogP contribution in [0.25, 0.3) is 80.7 Å². The average molecular weight is 719 g/mol. The molecule has 0 unspecified atom stereocenters. The molecule has 0 bridgehead atoms. The van der Waals surface area contributed by atoms with Gasteiger partial charge in [0.2, 0.25) is 0 Å². The molecule has 258 valence electrons. The zero-order valence-corrected chi connectivity index (χ0v) is 30.7. The fourth-order valence-electron chi connectivity index (χ4n) is 8.64. The van der Waals surface area contributed by atoms with Crippen molar-refractivity contribution < 1.29 is 0 Å². The number of rotatable bonds is 6. The normalized spacial score (nSPS) is 11.6. The molecule has 0 atom stereocenters. The number of anilines is 3. The van der Waals surface area contributed by atoms with Gasteiger partial charge in [-0.25, -0.2) is 0 Å². The van der Waals surface area contributed by atoms with Crippen LogP contribution in [0, 0.1) is 0 Å². The molecule has 0 aliphatic rings. The SMILES string of the molecule is c1ccc(-n2c3ccccc3c3c(N(c4ccccc4-c4cccc5ccccc45)c4ccccc4-c4cccc5c4sc4ccccc45)cccc32)cc1. The number of para-hydroxylation sites is 4. The Morgan fingerprint density at radius 1 is 0.345 bits per heavy atom. The molecule has 0 spiro atoms. The zero-order chi connectivity index (χ0) is 36.3. The van der Waals surface area contributed by atoms with Crippen LogP contribution in [0.15, 0.2) is 206 Å². The van der Waals surface area contributed by atoms with Gasteiger partial charge in [0.1, 0.15) is 0 Å². The van der Waals surface area contributed by atoms with E-state index in [1.165, 1.54) is 75.0 Å². The standard InChI is InChI=1S/C52H34N2S/c1-2-19-36(20-3-1)53-47-31-12-8-25-44(47)51-48(53)32-16-33-49(51)54(45-29-10-6-22-39(45)38-26-14-18-35-17-4-5-21-37(35)38)46-30-11-7-23-40(46)42-27-15-28-43-41-24-9-13-34-50(41)55-52(42)43/h1-34H. The second-order valence-electron chi connectivity index (χ2n) is 14.0. The van der Waals surface area contributed by atoms with Crippen LogP contribution in [0.4, 0.5) is 17.1 Å². The molecule has 0 fully saturated rings. The summed E-state index contributed by atoms with van der Waals surface area (Å²) < 4.78 is 5.02. The van der Waals surface area contributed by atoms with Gasteiger partial charge < -0.3 is 9.47 Å². The molecule has 55 heavy (non-hydrogen) atoms. The van der Waals surface area contributed by atoms with Gasteiger partial charge >= 0.3 is 0 Å². The molecule has 3 heteroatoms. The quantitative estimate of drug-likeness (QED) is 0.166. The largest absolute Gasteiger partial charge is 0.309 e. The smallest absolute Gasteiger partial charge is 0.0562 e. The number of hydrogen-bond donors (Lipinski definition) is 0. The summed E-state index contributed by atoms with van der Waals surface area (Å²) in [6, 6.07) is 75.2. The molecule has 0 saturated carbocycles. The van der Waals surface area contributed by atoms with Crippen molar-refractivity contribution in [2.45, 2.75) is 0 Å². The van der Waals surface area contributed by atoms with E-state index < -0.39 is 0 Å². The summed E-state index contributed by atoms with van der Waals surface area (Å²) in [6.45, 7) is 0.